The number of allylic oxidation sites excluding steroid dienone is 4. The van der Waals surface area contributed by atoms with Gasteiger partial charge in [-0.3, -0.25) is 0 Å². The number of hydrogen-bond donors (Lipinski definition) is 0. The van der Waals surface area contributed by atoms with Gasteiger partial charge in [-0.05, 0) is 55.0 Å². The summed E-state index contributed by atoms with van der Waals surface area (Å²) in [5.41, 5.74) is 1.92. The first-order valence-corrected chi connectivity index (χ1v) is 11.0. The first-order valence-electron chi connectivity index (χ1n) is 11.0. The van der Waals surface area contributed by atoms with Crippen molar-refractivity contribution in [2.75, 3.05) is 0 Å². The zero-order valence-electron chi connectivity index (χ0n) is 19.4. The highest BCUT2D eigenvalue weighted by atomic mass is 19.1. The van der Waals surface area contributed by atoms with E-state index in [1.54, 1.807) is 25.1 Å². The highest BCUT2D eigenvalue weighted by Crippen LogP contribution is 2.48. The summed E-state index contributed by atoms with van der Waals surface area (Å²) in [5, 5.41) is 38.7. The van der Waals surface area contributed by atoms with Crippen molar-refractivity contribution < 1.29 is 13.2 Å². The van der Waals surface area contributed by atoms with Crippen LogP contribution in [0.5, 0.6) is 0 Å². The molecule has 9 heteroatoms. The molecule has 0 saturated carbocycles. The van der Waals surface area contributed by atoms with Crippen molar-refractivity contribution in [1.82, 2.24) is 0 Å². The molecule has 0 radical (unpaired) electrons. The topological polar surface area (TPSA) is 120 Å². The number of benzene rings is 3. The van der Waals surface area contributed by atoms with Crippen molar-refractivity contribution in [3.63, 3.8) is 0 Å². The van der Waals surface area contributed by atoms with Gasteiger partial charge in [-0.15, -0.1) is 0 Å². The van der Waals surface area contributed by atoms with Crippen LogP contribution in [0.2, 0.25) is 0 Å². The smallest absolute Gasteiger partial charge is 0.139 e. The molecular formula is C29H11F3N6. The van der Waals surface area contributed by atoms with Gasteiger partial charge in [-0.2, -0.15) is 21.0 Å². The van der Waals surface area contributed by atoms with E-state index in [1.807, 2.05) is 12.1 Å². The van der Waals surface area contributed by atoms with Crippen LogP contribution in [-0.2, 0) is 0 Å². The monoisotopic (exact) mass is 500 g/mol. The van der Waals surface area contributed by atoms with E-state index in [-0.39, 0.29) is 50.5 Å². The van der Waals surface area contributed by atoms with Gasteiger partial charge >= 0.3 is 0 Å². The Morgan fingerprint density at radius 3 is 1.42 bits per heavy atom. The molecule has 3 aromatic carbocycles. The van der Waals surface area contributed by atoms with Crippen molar-refractivity contribution in [3.05, 3.63) is 105 Å². The third kappa shape index (κ3) is 3.82. The van der Waals surface area contributed by atoms with Gasteiger partial charge in [0.2, 0.25) is 0 Å². The van der Waals surface area contributed by atoms with Crippen LogP contribution in [0.15, 0.2) is 69.7 Å². The second kappa shape index (κ2) is 9.03. The molecule has 0 aromatic heterocycles. The number of rotatable bonds is 2. The molecule has 2 heterocycles. The maximum atomic E-state index is 14.2. The predicted octanol–water partition coefficient (Wildman–Crippen LogP) is 6.28. The van der Waals surface area contributed by atoms with Crippen LogP contribution in [0.25, 0.3) is 11.1 Å². The Labute approximate surface area is 214 Å². The van der Waals surface area contributed by atoms with Crippen molar-refractivity contribution in [3.8, 4) is 24.3 Å². The van der Waals surface area contributed by atoms with Crippen molar-refractivity contribution in [2.24, 2.45) is 9.98 Å². The Balaban J connectivity index is 1.81. The van der Waals surface area contributed by atoms with Crippen molar-refractivity contribution in [2.45, 2.75) is 6.92 Å². The molecule has 178 valence electrons. The molecule has 0 fully saturated rings. The van der Waals surface area contributed by atoms with Gasteiger partial charge in [0.05, 0.1) is 22.8 Å². The maximum absolute atomic E-state index is 14.2. The Kier molecular flexibility index (Phi) is 5.69. The third-order valence-electron chi connectivity index (χ3n) is 5.99. The summed E-state index contributed by atoms with van der Waals surface area (Å²) < 4.78 is 42.3. The Hall–Kier alpha value is -5.77. The summed E-state index contributed by atoms with van der Waals surface area (Å²) in [7, 11) is 0. The van der Waals surface area contributed by atoms with E-state index < -0.39 is 17.5 Å². The minimum atomic E-state index is -0.867. The SMILES string of the molecule is Cc1cc(F)cc(C2=Nc3cc4c(cc3C2=C(C#N)C#N)C(=C(C#N)C#N)C(c2cc(F)cc(F)c2)=N4)c1. The standard InChI is InChI=1S/C29H11F3N6/c1-14-2-15(4-19(30)3-14)28-26(17(10-33)11-34)22-8-23-25(9-24(22)37-28)38-29(27(23)18(12-35)13-36)16-5-20(31)7-21(32)6-16/h2-9H,1H3. The fourth-order valence-corrected chi connectivity index (χ4v) is 4.53. The van der Waals surface area contributed by atoms with E-state index in [0.29, 0.717) is 28.4 Å². The van der Waals surface area contributed by atoms with Crippen LogP contribution in [0.4, 0.5) is 24.5 Å². The summed E-state index contributed by atoms with van der Waals surface area (Å²) in [5.74, 6) is -2.26. The van der Waals surface area contributed by atoms with E-state index >= 15 is 0 Å². The number of fused-ring (bicyclic) bond motifs is 2. The lowest BCUT2D eigenvalue weighted by atomic mass is 9.89. The van der Waals surface area contributed by atoms with E-state index in [2.05, 4.69) is 9.98 Å². The fraction of sp³-hybridized carbons (Fsp3) is 0.0345. The van der Waals surface area contributed by atoms with Gasteiger partial charge in [-0.1, -0.05) is 0 Å². The van der Waals surface area contributed by atoms with Crippen LogP contribution in [0.1, 0.15) is 27.8 Å². The molecular weight excluding hydrogens is 489 g/mol. The van der Waals surface area contributed by atoms with Crippen LogP contribution in [0.3, 0.4) is 0 Å². The minimum Gasteiger partial charge on any atom is -0.247 e. The van der Waals surface area contributed by atoms with Gasteiger partial charge in [0.1, 0.15) is 52.9 Å². The average molecular weight is 500 g/mol. The van der Waals surface area contributed by atoms with E-state index in [1.165, 1.54) is 24.3 Å². The summed E-state index contributed by atoms with van der Waals surface area (Å²) >= 11 is 0. The molecule has 0 atom stereocenters. The van der Waals surface area contributed by atoms with Crippen molar-refractivity contribution in [1.29, 1.82) is 21.0 Å². The second-order valence-corrected chi connectivity index (χ2v) is 8.43. The normalized spacial score (nSPS) is 12.8. The lowest BCUT2D eigenvalue weighted by Crippen LogP contribution is -2.05. The van der Waals surface area contributed by atoms with Crippen molar-refractivity contribution >= 4 is 33.9 Å². The zero-order valence-corrected chi connectivity index (χ0v) is 19.4. The molecule has 2 aliphatic heterocycles. The maximum Gasteiger partial charge on any atom is 0.139 e. The van der Waals surface area contributed by atoms with Crippen LogP contribution >= 0.6 is 0 Å². The molecule has 2 aliphatic rings. The summed E-state index contributed by atoms with van der Waals surface area (Å²) in [4.78, 5) is 9.03. The number of hydrogen-bond acceptors (Lipinski definition) is 6. The largest absolute Gasteiger partial charge is 0.247 e. The second-order valence-electron chi connectivity index (χ2n) is 8.43. The number of nitriles is 4. The number of halogens is 3. The Morgan fingerprint density at radius 1 is 0.579 bits per heavy atom. The molecule has 0 unspecified atom stereocenters. The summed E-state index contributed by atoms with van der Waals surface area (Å²) in [6, 6.07) is 17.3. The number of aliphatic imine (C=N–C) groups is 2. The van der Waals surface area contributed by atoms with Gasteiger partial charge in [-0.25, -0.2) is 23.2 Å². The molecule has 0 saturated heterocycles. The van der Waals surface area contributed by atoms with Gasteiger partial charge in [0.15, 0.2) is 0 Å². The van der Waals surface area contributed by atoms with Gasteiger partial charge in [0, 0.05) is 39.5 Å². The molecule has 0 bridgehead atoms. The highest BCUT2D eigenvalue weighted by molar-refractivity contribution is 6.40. The summed E-state index contributed by atoms with van der Waals surface area (Å²) in [6.07, 6.45) is 0. The molecule has 6 nitrogen and oxygen atoms in total. The van der Waals surface area contributed by atoms with Gasteiger partial charge in [0.25, 0.3) is 0 Å². The lowest BCUT2D eigenvalue weighted by molar-refractivity contribution is 0.583. The molecule has 0 amide bonds. The van der Waals surface area contributed by atoms with Crippen LogP contribution in [-0.4, -0.2) is 11.4 Å². The molecule has 0 spiro atoms. The summed E-state index contributed by atoms with van der Waals surface area (Å²) in [6.45, 7) is 1.69. The molecule has 38 heavy (non-hydrogen) atoms. The first kappa shape index (κ1) is 23.9. The Morgan fingerprint density at radius 2 is 1.00 bits per heavy atom. The highest BCUT2D eigenvalue weighted by Gasteiger charge is 2.33. The quantitative estimate of drug-likeness (QED) is 0.384. The van der Waals surface area contributed by atoms with Gasteiger partial charge < -0.3 is 0 Å². The first-order chi connectivity index (χ1) is 18.3. The molecule has 0 aliphatic carbocycles. The molecule has 3 aromatic rings. The van der Waals surface area contributed by atoms with E-state index in [0.717, 1.165) is 12.1 Å². The lowest BCUT2D eigenvalue weighted by Gasteiger charge is -2.10. The molecule has 5 rings (SSSR count). The zero-order chi connectivity index (χ0) is 27.1. The van der Waals surface area contributed by atoms with Crippen LogP contribution in [0, 0.1) is 69.7 Å². The van der Waals surface area contributed by atoms with Crippen LogP contribution < -0.4 is 0 Å². The number of aryl methyl sites for hydroxylation is 1. The number of nitrogens with zero attached hydrogens (tertiary/aromatic N) is 6. The molecule has 0 N–H and O–H groups in total. The third-order valence-corrected chi connectivity index (χ3v) is 5.99. The predicted molar refractivity (Wildman–Crippen MR) is 133 cm³/mol. The minimum absolute atomic E-state index is 0.0106. The van der Waals surface area contributed by atoms with E-state index in [4.69, 9.17) is 0 Å². The average Bonchev–Trinajstić information content (AvgIpc) is 3.42. The Bertz CT molecular complexity index is 1690. The van der Waals surface area contributed by atoms with E-state index in [9.17, 15) is 34.2 Å². The fourth-order valence-electron chi connectivity index (χ4n) is 4.53.